The van der Waals surface area contributed by atoms with Crippen molar-refractivity contribution in [3.8, 4) is 34.5 Å². The van der Waals surface area contributed by atoms with Gasteiger partial charge in [-0.1, -0.05) is 5.16 Å². The summed E-state index contributed by atoms with van der Waals surface area (Å²) in [5.41, 5.74) is 1.04. The molecule has 6 nitrogen and oxygen atoms in total. The van der Waals surface area contributed by atoms with Crippen LogP contribution in [0.15, 0.2) is 43.9 Å². The summed E-state index contributed by atoms with van der Waals surface area (Å²) in [4.78, 5) is 8.45. The van der Waals surface area contributed by atoms with E-state index in [-0.39, 0.29) is 17.4 Å². The number of hydrogen-bond acceptors (Lipinski definition) is 6. The lowest BCUT2D eigenvalue weighted by Crippen LogP contribution is -1.87. The third kappa shape index (κ3) is 2.77. The summed E-state index contributed by atoms with van der Waals surface area (Å²) in [6.45, 7) is 0. The Labute approximate surface area is 135 Å². The molecule has 1 aromatic carbocycles. The number of pyridine rings is 1. The van der Waals surface area contributed by atoms with Crippen LogP contribution in [0.2, 0.25) is 0 Å². The maximum Gasteiger partial charge on any atom is 0.258 e. The number of aromatic nitrogens is 3. The van der Waals surface area contributed by atoms with Gasteiger partial charge in [-0.15, -0.1) is 0 Å². The molecule has 0 aliphatic heterocycles. The zero-order valence-corrected chi connectivity index (χ0v) is 13.5. The number of aromatic hydroxyl groups is 2. The molecule has 2 heterocycles. The molecule has 21 heavy (non-hydrogen) atoms. The first-order chi connectivity index (χ1) is 10.0. The molecule has 2 aromatic heterocycles. The van der Waals surface area contributed by atoms with Gasteiger partial charge in [0.05, 0.1) is 0 Å². The number of benzene rings is 1. The molecule has 106 valence electrons. The highest BCUT2D eigenvalue weighted by Crippen LogP contribution is 2.32. The second kappa shape index (κ2) is 5.45. The van der Waals surface area contributed by atoms with E-state index in [1.807, 2.05) is 6.07 Å². The maximum atomic E-state index is 9.49. The molecule has 3 aromatic rings. The molecular weight excluding hydrogens is 406 g/mol. The lowest BCUT2D eigenvalue weighted by Gasteiger charge is -1.99. The Morgan fingerprint density at radius 3 is 2.57 bits per heavy atom. The van der Waals surface area contributed by atoms with Gasteiger partial charge in [-0.2, -0.15) is 4.98 Å². The third-order valence-corrected chi connectivity index (χ3v) is 3.71. The van der Waals surface area contributed by atoms with Crippen LogP contribution in [0.5, 0.6) is 11.5 Å². The third-order valence-electron chi connectivity index (χ3n) is 2.67. The van der Waals surface area contributed by atoms with Gasteiger partial charge in [0, 0.05) is 20.7 Å². The van der Waals surface area contributed by atoms with Crippen molar-refractivity contribution in [3.05, 3.63) is 39.4 Å². The van der Waals surface area contributed by atoms with Crippen molar-refractivity contribution in [2.24, 2.45) is 0 Å². The van der Waals surface area contributed by atoms with E-state index >= 15 is 0 Å². The number of phenolic OH excluding ortho intramolecular Hbond substituents is 2. The first kappa shape index (κ1) is 14.0. The summed E-state index contributed by atoms with van der Waals surface area (Å²) in [5, 5.41) is 22.7. The van der Waals surface area contributed by atoms with Gasteiger partial charge in [0.1, 0.15) is 5.69 Å². The highest BCUT2D eigenvalue weighted by Gasteiger charge is 2.15. The smallest absolute Gasteiger partial charge is 0.258 e. The lowest BCUT2D eigenvalue weighted by molar-refractivity contribution is 0.402. The number of rotatable bonds is 2. The van der Waals surface area contributed by atoms with Gasteiger partial charge in [0.15, 0.2) is 11.5 Å². The van der Waals surface area contributed by atoms with E-state index < -0.39 is 0 Å². The van der Waals surface area contributed by atoms with E-state index in [1.165, 1.54) is 12.1 Å². The van der Waals surface area contributed by atoms with Crippen molar-refractivity contribution in [3.63, 3.8) is 0 Å². The summed E-state index contributed by atoms with van der Waals surface area (Å²) in [7, 11) is 0. The monoisotopic (exact) mass is 411 g/mol. The predicted molar refractivity (Wildman–Crippen MR) is 81.7 cm³/mol. The highest BCUT2D eigenvalue weighted by molar-refractivity contribution is 9.11. The molecule has 0 bridgehead atoms. The highest BCUT2D eigenvalue weighted by atomic mass is 79.9. The molecule has 0 saturated heterocycles. The predicted octanol–water partition coefficient (Wildman–Crippen LogP) is 3.73. The Morgan fingerprint density at radius 2 is 1.86 bits per heavy atom. The van der Waals surface area contributed by atoms with Gasteiger partial charge in [0.2, 0.25) is 5.82 Å². The van der Waals surface area contributed by atoms with Crippen molar-refractivity contribution >= 4 is 31.9 Å². The largest absolute Gasteiger partial charge is 0.504 e. The van der Waals surface area contributed by atoms with Crippen LogP contribution in [0.4, 0.5) is 0 Å². The van der Waals surface area contributed by atoms with Crippen LogP contribution in [0.25, 0.3) is 23.0 Å². The van der Waals surface area contributed by atoms with Crippen LogP contribution in [0.1, 0.15) is 0 Å². The minimum Gasteiger partial charge on any atom is -0.504 e. The van der Waals surface area contributed by atoms with Gasteiger partial charge in [-0.25, -0.2) is 0 Å². The Bertz CT molecular complexity index is 820. The topological polar surface area (TPSA) is 92.3 Å². The molecule has 0 amide bonds. The molecule has 0 fully saturated rings. The number of phenols is 2. The van der Waals surface area contributed by atoms with Crippen molar-refractivity contribution in [1.82, 2.24) is 15.1 Å². The molecule has 0 aliphatic rings. The average Bonchev–Trinajstić information content (AvgIpc) is 2.91. The summed E-state index contributed by atoms with van der Waals surface area (Å²) in [6.07, 6.45) is 1.63. The van der Waals surface area contributed by atoms with Crippen molar-refractivity contribution in [2.75, 3.05) is 0 Å². The van der Waals surface area contributed by atoms with Gasteiger partial charge >= 0.3 is 0 Å². The standard InChI is InChI=1S/C13H7Br2N3O3/c14-7-4-8(15)11(16-5-7)12-17-13(21-18-12)6-1-2-9(19)10(20)3-6/h1-5,19-20H. The van der Waals surface area contributed by atoms with E-state index in [0.29, 0.717) is 17.1 Å². The molecule has 0 unspecified atom stereocenters. The summed E-state index contributed by atoms with van der Waals surface area (Å²) in [5.74, 6) is 0.0693. The van der Waals surface area contributed by atoms with Gasteiger partial charge in [0.25, 0.3) is 5.89 Å². The van der Waals surface area contributed by atoms with Crippen molar-refractivity contribution in [2.45, 2.75) is 0 Å². The van der Waals surface area contributed by atoms with Crippen molar-refractivity contribution in [1.29, 1.82) is 0 Å². The quantitative estimate of drug-likeness (QED) is 0.623. The number of halogens is 2. The second-order valence-electron chi connectivity index (χ2n) is 4.11. The zero-order chi connectivity index (χ0) is 15.0. The average molecular weight is 413 g/mol. The van der Waals surface area contributed by atoms with Crippen LogP contribution in [0, 0.1) is 0 Å². The van der Waals surface area contributed by atoms with Gasteiger partial charge in [-0.05, 0) is 56.1 Å². The van der Waals surface area contributed by atoms with Crippen LogP contribution in [0.3, 0.4) is 0 Å². The Balaban J connectivity index is 2.01. The molecule has 8 heteroatoms. The van der Waals surface area contributed by atoms with Crippen LogP contribution >= 0.6 is 31.9 Å². The summed E-state index contributed by atoms with van der Waals surface area (Å²) >= 11 is 6.70. The summed E-state index contributed by atoms with van der Waals surface area (Å²) < 4.78 is 6.70. The Kier molecular flexibility index (Phi) is 3.64. The molecule has 0 atom stereocenters. The molecule has 0 radical (unpaired) electrons. The molecule has 2 N–H and O–H groups in total. The lowest BCUT2D eigenvalue weighted by atomic mass is 10.2. The van der Waals surface area contributed by atoms with E-state index in [4.69, 9.17) is 4.52 Å². The Hall–Kier alpha value is -1.93. The van der Waals surface area contributed by atoms with E-state index in [1.54, 1.807) is 12.3 Å². The molecule has 3 rings (SSSR count). The van der Waals surface area contributed by atoms with Gasteiger partial charge in [-0.3, -0.25) is 4.98 Å². The first-order valence-electron chi connectivity index (χ1n) is 5.72. The summed E-state index contributed by atoms with van der Waals surface area (Å²) in [6, 6.07) is 6.08. The van der Waals surface area contributed by atoms with Gasteiger partial charge < -0.3 is 14.7 Å². The maximum absolute atomic E-state index is 9.49. The second-order valence-corrected chi connectivity index (χ2v) is 5.88. The molecular formula is C13H7Br2N3O3. The van der Waals surface area contributed by atoms with Crippen LogP contribution < -0.4 is 0 Å². The Morgan fingerprint density at radius 1 is 1.05 bits per heavy atom. The molecule has 0 saturated carbocycles. The fraction of sp³-hybridized carbons (Fsp3) is 0. The fourth-order valence-electron chi connectivity index (χ4n) is 1.67. The molecule has 0 aliphatic carbocycles. The normalized spacial score (nSPS) is 10.8. The van der Waals surface area contributed by atoms with Crippen LogP contribution in [-0.4, -0.2) is 25.3 Å². The van der Waals surface area contributed by atoms with E-state index in [2.05, 4.69) is 47.0 Å². The van der Waals surface area contributed by atoms with Crippen LogP contribution in [-0.2, 0) is 0 Å². The van der Waals surface area contributed by atoms with E-state index in [9.17, 15) is 10.2 Å². The zero-order valence-electron chi connectivity index (χ0n) is 10.3. The number of hydrogen-bond donors (Lipinski definition) is 2. The molecule has 0 spiro atoms. The minimum absolute atomic E-state index is 0.212. The SMILES string of the molecule is Oc1ccc(-c2nc(-c3ncc(Br)cc3Br)no2)cc1O. The van der Waals surface area contributed by atoms with Crippen molar-refractivity contribution < 1.29 is 14.7 Å². The fourth-order valence-corrected chi connectivity index (χ4v) is 2.84. The first-order valence-corrected chi connectivity index (χ1v) is 7.30. The number of nitrogens with zero attached hydrogens (tertiary/aromatic N) is 3. The van der Waals surface area contributed by atoms with E-state index in [0.717, 1.165) is 8.95 Å². The minimum atomic E-state index is -0.254.